The van der Waals surface area contributed by atoms with Gasteiger partial charge in [0.1, 0.15) is 0 Å². The summed E-state index contributed by atoms with van der Waals surface area (Å²) < 4.78 is 0. The fraction of sp³-hybridized carbons (Fsp3) is 0.375. The normalized spacial score (nSPS) is 9.17. The number of hydrogen-bond acceptors (Lipinski definition) is 1. The Labute approximate surface area is 90.7 Å². The van der Waals surface area contributed by atoms with Crippen LogP contribution in [0.5, 0.6) is 0 Å². The van der Waals surface area contributed by atoms with E-state index in [1.807, 2.05) is 0 Å². The van der Waals surface area contributed by atoms with Crippen molar-refractivity contribution in [2.45, 2.75) is 0 Å². The van der Waals surface area contributed by atoms with Crippen molar-refractivity contribution in [3.05, 3.63) is 12.7 Å². The Kier molecular flexibility index (Phi) is 11.9. The van der Waals surface area contributed by atoms with Gasteiger partial charge in [-0.25, -0.2) is 0 Å². The Balaban J connectivity index is 0. The van der Waals surface area contributed by atoms with Gasteiger partial charge in [0.2, 0.25) is 0 Å². The van der Waals surface area contributed by atoms with Crippen molar-refractivity contribution in [3.63, 3.8) is 0 Å². The van der Waals surface area contributed by atoms with Gasteiger partial charge in [-0.15, -0.1) is 37.0 Å². The van der Waals surface area contributed by atoms with E-state index in [-0.39, 0.29) is 24.0 Å². The molecule has 12 heavy (non-hydrogen) atoms. The third-order valence-corrected chi connectivity index (χ3v) is 0.995. The number of nitrogens with one attached hydrogen (secondary N) is 2. The molecule has 0 saturated heterocycles. The van der Waals surface area contributed by atoms with Crippen LogP contribution in [-0.4, -0.2) is 26.1 Å². The second kappa shape index (κ2) is 10.3. The molecule has 0 atom stereocenters. The van der Waals surface area contributed by atoms with Gasteiger partial charge in [0.25, 0.3) is 0 Å². The van der Waals surface area contributed by atoms with Gasteiger partial charge in [0, 0.05) is 13.6 Å². The summed E-state index contributed by atoms with van der Waals surface area (Å²) >= 11 is 0. The van der Waals surface area contributed by atoms with E-state index in [0.29, 0.717) is 19.0 Å². The Hall–Kier alpha value is -0.700. The lowest BCUT2D eigenvalue weighted by Crippen LogP contribution is -2.37. The second-order valence-electron chi connectivity index (χ2n) is 1.80. The van der Waals surface area contributed by atoms with Crippen molar-refractivity contribution in [2.75, 3.05) is 20.1 Å². The maximum absolute atomic E-state index is 5.04. The lowest BCUT2D eigenvalue weighted by Gasteiger charge is -2.06. The molecule has 0 rings (SSSR count). The molecule has 0 heterocycles. The van der Waals surface area contributed by atoms with Crippen LogP contribution in [0.15, 0.2) is 17.6 Å². The summed E-state index contributed by atoms with van der Waals surface area (Å²) in [5, 5.41) is 5.89. The Morgan fingerprint density at radius 1 is 1.67 bits per heavy atom. The molecule has 0 aliphatic heterocycles. The van der Waals surface area contributed by atoms with E-state index in [9.17, 15) is 0 Å². The fourth-order valence-electron chi connectivity index (χ4n) is 0.524. The minimum absolute atomic E-state index is 0. The van der Waals surface area contributed by atoms with E-state index in [0.717, 1.165) is 0 Å². The zero-order valence-electron chi connectivity index (χ0n) is 7.13. The first-order valence-electron chi connectivity index (χ1n) is 3.34. The van der Waals surface area contributed by atoms with Crippen LogP contribution in [0.3, 0.4) is 0 Å². The topological polar surface area (TPSA) is 36.4 Å². The number of aliphatic imine (C=N–C) groups is 1. The number of rotatable bonds is 3. The van der Waals surface area contributed by atoms with Crippen molar-refractivity contribution >= 4 is 29.9 Å². The van der Waals surface area contributed by atoms with Crippen molar-refractivity contribution in [1.82, 2.24) is 10.6 Å². The number of halogens is 1. The minimum atomic E-state index is 0. The molecule has 2 N–H and O–H groups in total. The van der Waals surface area contributed by atoms with Crippen LogP contribution >= 0.6 is 24.0 Å². The minimum Gasteiger partial charge on any atom is -0.353 e. The highest BCUT2D eigenvalue weighted by molar-refractivity contribution is 14.0. The van der Waals surface area contributed by atoms with E-state index in [4.69, 9.17) is 6.42 Å². The van der Waals surface area contributed by atoms with Gasteiger partial charge in [0.05, 0.1) is 6.54 Å². The van der Waals surface area contributed by atoms with Crippen LogP contribution in [0.4, 0.5) is 0 Å². The Morgan fingerprint density at radius 2 is 2.33 bits per heavy atom. The van der Waals surface area contributed by atoms with E-state index >= 15 is 0 Å². The summed E-state index contributed by atoms with van der Waals surface area (Å²) in [5.74, 6) is 3.15. The van der Waals surface area contributed by atoms with E-state index in [1.165, 1.54) is 0 Å². The molecule has 0 radical (unpaired) electrons. The highest BCUT2D eigenvalue weighted by Crippen LogP contribution is 1.66. The van der Waals surface area contributed by atoms with Gasteiger partial charge < -0.3 is 10.6 Å². The predicted octanol–water partition coefficient (Wildman–Crippen LogP) is 0.589. The largest absolute Gasteiger partial charge is 0.353 e. The van der Waals surface area contributed by atoms with E-state index < -0.39 is 0 Å². The number of guanidine groups is 1. The molecule has 3 nitrogen and oxygen atoms in total. The monoisotopic (exact) mass is 279 g/mol. The summed E-state index contributed by atoms with van der Waals surface area (Å²) in [5.41, 5.74) is 0. The number of nitrogens with zero attached hydrogens (tertiary/aromatic N) is 1. The summed E-state index contributed by atoms with van der Waals surface area (Å²) in [7, 11) is 1.69. The zero-order chi connectivity index (χ0) is 8.53. The van der Waals surface area contributed by atoms with Crippen LogP contribution in [0, 0.1) is 12.3 Å². The Bertz CT molecular complexity index is 181. The van der Waals surface area contributed by atoms with Gasteiger partial charge in [-0.1, -0.05) is 12.0 Å². The molecule has 0 spiro atoms. The number of terminal acetylenes is 1. The van der Waals surface area contributed by atoms with Gasteiger partial charge in [-0.2, -0.15) is 0 Å². The van der Waals surface area contributed by atoms with E-state index in [1.54, 1.807) is 13.1 Å². The van der Waals surface area contributed by atoms with Gasteiger partial charge in [0.15, 0.2) is 5.96 Å². The molecule has 0 bridgehead atoms. The van der Waals surface area contributed by atoms with Crippen LogP contribution < -0.4 is 10.6 Å². The highest BCUT2D eigenvalue weighted by atomic mass is 127. The first-order chi connectivity index (χ1) is 5.35. The van der Waals surface area contributed by atoms with Gasteiger partial charge in [-0.3, -0.25) is 4.99 Å². The van der Waals surface area contributed by atoms with Crippen molar-refractivity contribution < 1.29 is 0 Å². The molecule has 0 saturated carbocycles. The first-order valence-corrected chi connectivity index (χ1v) is 3.34. The zero-order valence-corrected chi connectivity index (χ0v) is 9.46. The molecular weight excluding hydrogens is 265 g/mol. The van der Waals surface area contributed by atoms with Crippen LogP contribution in [-0.2, 0) is 0 Å². The number of hydrogen-bond donors (Lipinski definition) is 2. The smallest absolute Gasteiger partial charge is 0.191 e. The third-order valence-electron chi connectivity index (χ3n) is 0.995. The average Bonchev–Trinajstić information content (AvgIpc) is 2.05. The molecule has 0 aliphatic rings. The first kappa shape index (κ1) is 13.9. The van der Waals surface area contributed by atoms with Crippen LogP contribution in [0.1, 0.15) is 0 Å². The predicted molar refractivity (Wildman–Crippen MR) is 63.8 cm³/mol. The van der Waals surface area contributed by atoms with Gasteiger partial charge >= 0.3 is 0 Å². The van der Waals surface area contributed by atoms with Crippen molar-refractivity contribution in [2.24, 2.45) is 4.99 Å². The van der Waals surface area contributed by atoms with Crippen LogP contribution in [0.2, 0.25) is 0 Å². The summed E-state index contributed by atoms with van der Waals surface area (Å²) in [6.07, 6.45) is 6.80. The average molecular weight is 279 g/mol. The maximum Gasteiger partial charge on any atom is 0.191 e. The van der Waals surface area contributed by atoms with Gasteiger partial charge in [-0.05, 0) is 0 Å². The van der Waals surface area contributed by atoms with E-state index in [2.05, 4.69) is 28.1 Å². The highest BCUT2D eigenvalue weighted by Gasteiger charge is 1.89. The summed E-state index contributed by atoms with van der Waals surface area (Å²) in [6, 6.07) is 0. The summed E-state index contributed by atoms with van der Waals surface area (Å²) in [6.45, 7) is 4.73. The third kappa shape index (κ3) is 7.41. The molecule has 0 aromatic heterocycles. The SMILES string of the molecule is C#CCNC(=NC)NCC=C.I. The molecular formula is C8H14IN3. The standard InChI is InChI=1S/C8H13N3.HI/c1-4-6-10-8(9-3)11-7-5-2;/h1,5H,2,6-7H2,3H3,(H2,9,10,11);1H. The second-order valence-corrected chi connectivity index (χ2v) is 1.80. The molecule has 0 amide bonds. The Morgan fingerprint density at radius 3 is 2.75 bits per heavy atom. The van der Waals surface area contributed by atoms with Crippen molar-refractivity contribution in [1.29, 1.82) is 0 Å². The molecule has 0 aliphatic carbocycles. The molecule has 0 aromatic rings. The lowest BCUT2D eigenvalue weighted by molar-refractivity contribution is 0.922. The molecule has 0 aromatic carbocycles. The molecule has 0 unspecified atom stereocenters. The van der Waals surface area contributed by atoms with Crippen molar-refractivity contribution in [3.8, 4) is 12.3 Å². The molecule has 0 fully saturated rings. The molecule has 4 heteroatoms. The fourth-order valence-corrected chi connectivity index (χ4v) is 0.524. The lowest BCUT2D eigenvalue weighted by atomic mass is 10.6. The quantitative estimate of drug-likeness (QED) is 0.261. The molecule has 68 valence electrons. The maximum atomic E-state index is 5.04. The summed E-state index contributed by atoms with van der Waals surface area (Å²) in [4.78, 5) is 3.91. The van der Waals surface area contributed by atoms with Crippen LogP contribution in [0.25, 0.3) is 0 Å².